The summed E-state index contributed by atoms with van der Waals surface area (Å²) in [5.41, 5.74) is 1.85. The van der Waals surface area contributed by atoms with Crippen LogP contribution in [0, 0.1) is 11.3 Å². The lowest BCUT2D eigenvalue weighted by molar-refractivity contribution is -0.150. The van der Waals surface area contributed by atoms with Crippen LogP contribution in [0.15, 0.2) is 41.8 Å². The number of hydrogen-bond donors (Lipinski definition) is 0. The van der Waals surface area contributed by atoms with Gasteiger partial charge < -0.3 is 9.80 Å². The predicted molar refractivity (Wildman–Crippen MR) is 118 cm³/mol. The molecule has 29 heavy (non-hydrogen) atoms. The van der Waals surface area contributed by atoms with Crippen LogP contribution in [0.4, 0.5) is 0 Å². The van der Waals surface area contributed by atoms with Gasteiger partial charge in [0.25, 0.3) is 0 Å². The summed E-state index contributed by atoms with van der Waals surface area (Å²) in [7, 11) is 3.67. The summed E-state index contributed by atoms with van der Waals surface area (Å²) >= 11 is 1.73. The van der Waals surface area contributed by atoms with Crippen molar-refractivity contribution in [1.82, 2.24) is 9.80 Å². The number of carbonyl (C=O) groups is 2. The van der Waals surface area contributed by atoms with Gasteiger partial charge in [-0.2, -0.15) is 0 Å². The largest absolute Gasteiger partial charge is 0.348 e. The van der Waals surface area contributed by atoms with E-state index in [1.54, 1.807) is 16.2 Å². The molecule has 1 saturated heterocycles. The van der Waals surface area contributed by atoms with Gasteiger partial charge in [0.05, 0.1) is 5.41 Å². The number of rotatable bonds is 5. The van der Waals surface area contributed by atoms with Gasteiger partial charge in [0.1, 0.15) is 0 Å². The lowest BCUT2D eigenvalue weighted by atomic mass is 9.72. The Labute approximate surface area is 177 Å². The van der Waals surface area contributed by atoms with Crippen molar-refractivity contribution in [2.45, 2.75) is 38.5 Å². The van der Waals surface area contributed by atoms with E-state index in [-0.39, 0.29) is 17.7 Å². The zero-order valence-corrected chi connectivity index (χ0v) is 18.2. The summed E-state index contributed by atoms with van der Waals surface area (Å²) in [6, 6.07) is 12.6. The van der Waals surface area contributed by atoms with Crippen LogP contribution < -0.4 is 0 Å². The average Bonchev–Trinajstić information content (AvgIpc) is 3.21. The first-order valence-corrected chi connectivity index (χ1v) is 11.5. The summed E-state index contributed by atoms with van der Waals surface area (Å²) in [6.45, 7) is 1.32. The predicted octanol–water partition coefficient (Wildman–Crippen LogP) is 4.45. The molecule has 0 bridgehead atoms. The maximum absolute atomic E-state index is 13.4. The van der Waals surface area contributed by atoms with E-state index < -0.39 is 5.41 Å². The molecule has 2 heterocycles. The first-order chi connectivity index (χ1) is 14.0. The number of thiophene rings is 1. The lowest BCUT2D eigenvalue weighted by Crippen LogP contribution is -2.55. The van der Waals surface area contributed by atoms with Crippen LogP contribution in [0.3, 0.4) is 0 Å². The van der Waals surface area contributed by atoms with E-state index in [0.29, 0.717) is 13.0 Å². The standard InChI is InChI=1S/C24H30N2O2S/c1-25(2)23(28)24(13-7-14-26(17-24)22(27)18-9-5-10-18)16-19-8-3-4-11-20(19)21-12-6-15-29-21/h3-4,6,8,11-12,15,18H,5,7,9-10,13-14,16-17H2,1-2H3/t24-/m1/s1. The first-order valence-electron chi connectivity index (χ1n) is 10.6. The third kappa shape index (κ3) is 3.97. The molecule has 0 N–H and O–H groups in total. The number of benzene rings is 1. The average molecular weight is 411 g/mol. The van der Waals surface area contributed by atoms with Crippen LogP contribution in [-0.4, -0.2) is 48.8 Å². The summed E-state index contributed by atoms with van der Waals surface area (Å²) in [6.07, 6.45) is 5.56. The molecule has 1 aromatic heterocycles. The van der Waals surface area contributed by atoms with Crippen molar-refractivity contribution in [1.29, 1.82) is 0 Å². The van der Waals surface area contributed by atoms with Crippen molar-refractivity contribution in [2.24, 2.45) is 11.3 Å². The number of carbonyl (C=O) groups excluding carboxylic acids is 2. The molecule has 2 aromatic rings. The molecule has 1 aliphatic carbocycles. The van der Waals surface area contributed by atoms with Gasteiger partial charge in [-0.25, -0.2) is 0 Å². The number of nitrogens with zero attached hydrogens (tertiary/aromatic N) is 2. The van der Waals surface area contributed by atoms with Crippen LogP contribution in [0.1, 0.15) is 37.7 Å². The number of piperidine rings is 1. The molecule has 1 aliphatic heterocycles. The molecule has 4 rings (SSSR count). The van der Waals surface area contributed by atoms with Gasteiger partial charge in [-0.15, -0.1) is 11.3 Å². The second-order valence-corrected chi connectivity index (χ2v) is 9.73. The molecule has 4 nitrogen and oxygen atoms in total. The second kappa shape index (κ2) is 8.31. The Balaban J connectivity index is 1.66. The van der Waals surface area contributed by atoms with E-state index >= 15 is 0 Å². The molecule has 154 valence electrons. The van der Waals surface area contributed by atoms with Gasteiger partial charge in [-0.05, 0) is 54.7 Å². The fourth-order valence-electron chi connectivity index (χ4n) is 4.81. The maximum Gasteiger partial charge on any atom is 0.230 e. The van der Waals surface area contributed by atoms with Crippen LogP contribution >= 0.6 is 11.3 Å². The third-order valence-electron chi connectivity index (χ3n) is 6.54. The highest BCUT2D eigenvalue weighted by molar-refractivity contribution is 7.13. The molecule has 1 aromatic carbocycles. The van der Waals surface area contributed by atoms with Crippen molar-refractivity contribution in [3.05, 3.63) is 47.3 Å². The zero-order chi connectivity index (χ0) is 20.4. The number of likely N-dealkylation sites (tertiary alicyclic amines) is 1. The number of hydrogen-bond acceptors (Lipinski definition) is 3. The Bertz CT molecular complexity index is 873. The van der Waals surface area contributed by atoms with Crippen LogP contribution in [0.25, 0.3) is 10.4 Å². The van der Waals surface area contributed by atoms with E-state index in [2.05, 4.69) is 41.8 Å². The fraction of sp³-hybridized carbons (Fsp3) is 0.500. The monoisotopic (exact) mass is 410 g/mol. The molecule has 5 heteroatoms. The highest BCUT2D eigenvalue weighted by atomic mass is 32.1. The minimum atomic E-state index is -0.547. The molecule has 0 unspecified atom stereocenters. The normalized spacial score (nSPS) is 22.2. The van der Waals surface area contributed by atoms with Crippen LogP contribution in [0.5, 0.6) is 0 Å². The summed E-state index contributed by atoms with van der Waals surface area (Å²) in [5, 5.41) is 2.09. The van der Waals surface area contributed by atoms with Gasteiger partial charge in [0.2, 0.25) is 11.8 Å². The minimum Gasteiger partial charge on any atom is -0.348 e. The summed E-state index contributed by atoms with van der Waals surface area (Å²) < 4.78 is 0. The molecule has 2 aliphatic rings. The molecule has 1 atom stereocenters. The third-order valence-corrected chi connectivity index (χ3v) is 7.44. The molecule has 0 radical (unpaired) electrons. The van der Waals surface area contributed by atoms with Crippen molar-refractivity contribution >= 4 is 23.2 Å². The van der Waals surface area contributed by atoms with E-state index in [9.17, 15) is 9.59 Å². The van der Waals surface area contributed by atoms with Gasteiger partial charge in [0.15, 0.2) is 0 Å². The smallest absolute Gasteiger partial charge is 0.230 e. The van der Waals surface area contributed by atoms with Gasteiger partial charge in [0, 0.05) is 38.0 Å². The number of amides is 2. The van der Waals surface area contributed by atoms with E-state index in [1.807, 2.05) is 19.0 Å². The Morgan fingerprint density at radius 3 is 2.59 bits per heavy atom. The molecular weight excluding hydrogens is 380 g/mol. The molecule has 2 amide bonds. The van der Waals surface area contributed by atoms with Gasteiger partial charge in [-0.1, -0.05) is 36.8 Å². The van der Waals surface area contributed by atoms with Crippen LogP contribution in [-0.2, 0) is 16.0 Å². The molecule has 0 spiro atoms. The highest BCUT2D eigenvalue weighted by Crippen LogP contribution is 2.40. The van der Waals surface area contributed by atoms with E-state index in [1.165, 1.54) is 16.0 Å². The Hall–Kier alpha value is -2.14. The quantitative estimate of drug-likeness (QED) is 0.730. The van der Waals surface area contributed by atoms with Crippen molar-refractivity contribution < 1.29 is 9.59 Å². The first kappa shape index (κ1) is 20.1. The van der Waals surface area contributed by atoms with E-state index in [4.69, 9.17) is 0 Å². The van der Waals surface area contributed by atoms with Crippen LogP contribution in [0.2, 0.25) is 0 Å². The Morgan fingerprint density at radius 1 is 1.14 bits per heavy atom. The van der Waals surface area contributed by atoms with Gasteiger partial charge in [-0.3, -0.25) is 9.59 Å². The lowest BCUT2D eigenvalue weighted by Gasteiger charge is -2.45. The minimum absolute atomic E-state index is 0.143. The van der Waals surface area contributed by atoms with E-state index in [0.717, 1.165) is 38.6 Å². The summed E-state index contributed by atoms with van der Waals surface area (Å²) in [4.78, 5) is 31.3. The molecule has 1 saturated carbocycles. The topological polar surface area (TPSA) is 40.6 Å². The summed E-state index contributed by atoms with van der Waals surface area (Å²) in [5.74, 6) is 0.585. The molecular formula is C24H30N2O2S. The second-order valence-electron chi connectivity index (χ2n) is 8.78. The Morgan fingerprint density at radius 2 is 1.93 bits per heavy atom. The molecule has 2 fully saturated rings. The Kier molecular flexibility index (Phi) is 5.77. The van der Waals surface area contributed by atoms with Crippen molar-refractivity contribution in [3.63, 3.8) is 0 Å². The SMILES string of the molecule is CN(C)C(=O)[C@@]1(Cc2ccccc2-c2cccs2)CCCN(C(=O)C2CCC2)C1. The maximum atomic E-state index is 13.4. The zero-order valence-electron chi connectivity index (χ0n) is 17.4. The fourth-order valence-corrected chi connectivity index (χ4v) is 5.60. The highest BCUT2D eigenvalue weighted by Gasteiger charge is 2.45. The van der Waals surface area contributed by atoms with Gasteiger partial charge >= 0.3 is 0 Å². The van der Waals surface area contributed by atoms with Crippen molar-refractivity contribution in [3.8, 4) is 10.4 Å². The van der Waals surface area contributed by atoms with Crippen molar-refractivity contribution in [2.75, 3.05) is 27.2 Å².